The monoisotopic (exact) mass is 356 g/mol. The second kappa shape index (κ2) is 7.10. The average Bonchev–Trinajstić information content (AvgIpc) is 3.31. The van der Waals surface area contributed by atoms with Crippen LogP contribution in [0.2, 0.25) is 0 Å². The van der Waals surface area contributed by atoms with Gasteiger partial charge in [-0.05, 0) is 61.9 Å². The summed E-state index contributed by atoms with van der Waals surface area (Å²) in [6, 6.07) is 11.4. The molecule has 0 N–H and O–H groups in total. The molecule has 5 heteroatoms. The number of benzene rings is 1. The molecule has 4 rings (SSSR count). The highest BCUT2D eigenvalue weighted by Gasteiger charge is 2.26. The van der Waals surface area contributed by atoms with E-state index in [1.54, 1.807) is 23.5 Å². The largest absolute Gasteiger partial charge is 0.440 e. The molecule has 1 aliphatic heterocycles. The lowest BCUT2D eigenvalue weighted by atomic mass is 10.0. The molecular weight excluding hydrogens is 335 g/mol. The van der Waals surface area contributed by atoms with Crippen molar-refractivity contribution in [3.05, 3.63) is 64.6 Å². The number of halogens is 1. The highest BCUT2D eigenvalue weighted by Crippen LogP contribution is 2.28. The van der Waals surface area contributed by atoms with Crippen LogP contribution in [0.15, 0.2) is 46.2 Å². The van der Waals surface area contributed by atoms with Gasteiger partial charge in [0.25, 0.3) is 0 Å². The number of likely N-dealkylation sites (tertiary alicyclic amines) is 1. The molecule has 0 bridgehead atoms. The van der Waals surface area contributed by atoms with E-state index in [4.69, 9.17) is 9.40 Å². The van der Waals surface area contributed by atoms with E-state index < -0.39 is 0 Å². The van der Waals surface area contributed by atoms with Crippen LogP contribution in [0.1, 0.15) is 29.9 Å². The summed E-state index contributed by atoms with van der Waals surface area (Å²) in [5, 5.41) is 2.03. The third-order valence-corrected chi connectivity index (χ3v) is 5.69. The van der Waals surface area contributed by atoms with Gasteiger partial charge in [0, 0.05) is 12.6 Å². The predicted octanol–water partition coefficient (Wildman–Crippen LogP) is 5.06. The molecule has 1 saturated heterocycles. The van der Waals surface area contributed by atoms with Crippen LogP contribution < -0.4 is 0 Å². The van der Waals surface area contributed by atoms with E-state index in [1.807, 2.05) is 30.5 Å². The van der Waals surface area contributed by atoms with Gasteiger partial charge in [-0.3, -0.25) is 4.90 Å². The maximum Gasteiger partial charge on any atom is 0.236 e. The van der Waals surface area contributed by atoms with Crippen LogP contribution in [0.4, 0.5) is 4.39 Å². The molecule has 130 valence electrons. The van der Waals surface area contributed by atoms with Gasteiger partial charge in [0.05, 0.1) is 10.6 Å². The third-order valence-electron chi connectivity index (χ3n) is 4.84. The van der Waals surface area contributed by atoms with Crippen LogP contribution >= 0.6 is 11.3 Å². The zero-order chi connectivity index (χ0) is 17.2. The van der Waals surface area contributed by atoms with Crippen molar-refractivity contribution in [2.75, 3.05) is 6.54 Å². The number of hydrogen-bond acceptors (Lipinski definition) is 4. The summed E-state index contributed by atoms with van der Waals surface area (Å²) < 4.78 is 19.3. The second-order valence-electron chi connectivity index (χ2n) is 6.60. The summed E-state index contributed by atoms with van der Waals surface area (Å²) >= 11 is 1.64. The van der Waals surface area contributed by atoms with Crippen molar-refractivity contribution in [3.8, 4) is 10.8 Å². The first-order valence-electron chi connectivity index (χ1n) is 8.68. The predicted molar refractivity (Wildman–Crippen MR) is 98.1 cm³/mol. The lowest BCUT2D eigenvalue weighted by molar-refractivity contribution is 0.240. The van der Waals surface area contributed by atoms with Crippen molar-refractivity contribution in [2.24, 2.45) is 0 Å². The Balaban J connectivity index is 1.48. The van der Waals surface area contributed by atoms with Gasteiger partial charge in [0.1, 0.15) is 11.6 Å². The van der Waals surface area contributed by atoms with Crippen LogP contribution in [0.25, 0.3) is 10.8 Å². The highest BCUT2D eigenvalue weighted by molar-refractivity contribution is 7.13. The topological polar surface area (TPSA) is 29.3 Å². The Kier molecular flexibility index (Phi) is 4.68. The highest BCUT2D eigenvalue weighted by atomic mass is 32.1. The Hall–Kier alpha value is -1.98. The number of hydrogen-bond donors (Lipinski definition) is 0. The Labute approximate surface area is 151 Å². The first kappa shape index (κ1) is 16.5. The number of nitrogens with zero attached hydrogens (tertiary/aromatic N) is 2. The SMILES string of the molecule is Cc1oc(-c2cccs2)nc1CN1CCCC1Cc1cccc(F)c1. The zero-order valence-corrected chi connectivity index (χ0v) is 15.1. The molecule has 0 aliphatic carbocycles. The van der Waals surface area contributed by atoms with Gasteiger partial charge < -0.3 is 4.42 Å². The number of thiophene rings is 1. The Morgan fingerprint density at radius 1 is 1.32 bits per heavy atom. The van der Waals surface area contributed by atoms with Gasteiger partial charge >= 0.3 is 0 Å². The maximum absolute atomic E-state index is 13.4. The fraction of sp³-hybridized carbons (Fsp3) is 0.350. The molecule has 3 heterocycles. The number of aryl methyl sites for hydroxylation is 1. The van der Waals surface area contributed by atoms with Crippen LogP contribution in [0.5, 0.6) is 0 Å². The quantitative estimate of drug-likeness (QED) is 0.640. The minimum atomic E-state index is -0.157. The standard InChI is InChI=1S/C20H21FN2OS/c1-14-18(22-20(24-14)19-8-4-10-25-19)13-23-9-3-7-17(23)12-15-5-2-6-16(21)11-15/h2,4-6,8,10-11,17H,3,7,9,12-13H2,1H3. The molecule has 3 nitrogen and oxygen atoms in total. The van der Waals surface area contributed by atoms with Gasteiger partial charge in [-0.15, -0.1) is 11.3 Å². The Morgan fingerprint density at radius 2 is 2.24 bits per heavy atom. The summed E-state index contributed by atoms with van der Waals surface area (Å²) in [4.78, 5) is 8.23. The minimum Gasteiger partial charge on any atom is -0.440 e. The van der Waals surface area contributed by atoms with E-state index in [2.05, 4.69) is 4.90 Å². The molecule has 1 atom stereocenters. The van der Waals surface area contributed by atoms with Crippen molar-refractivity contribution in [2.45, 2.75) is 38.8 Å². The lowest BCUT2D eigenvalue weighted by Gasteiger charge is -2.23. The van der Waals surface area contributed by atoms with E-state index in [0.717, 1.165) is 47.8 Å². The third kappa shape index (κ3) is 3.67. The van der Waals surface area contributed by atoms with Gasteiger partial charge in [0.15, 0.2) is 0 Å². The van der Waals surface area contributed by atoms with E-state index in [-0.39, 0.29) is 5.82 Å². The van der Waals surface area contributed by atoms with Crippen LogP contribution in [-0.2, 0) is 13.0 Å². The number of aromatic nitrogens is 1. The lowest BCUT2D eigenvalue weighted by Crippen LogP contribution is -2.31. The second-order valence-corrected chi connectivity index (χ2v) is 7.55. The molecule has 1 aliphatic rings. The normalized spacial score (nSPS) is 18.1. The fourth-order valence-electron chi connectivity index (χ4n) is 3.54. The van der Waals surface area contributed by atoms with E-state index >= 15 is 0 Å². The van der Waals surface area contributed by atoms with E-state index in [1.165, 1.54) is 12.5 Å². The van der Waals surface area contributed by atoms with Crippen molar-refractivity contribution in [1.29, 1.82) is 0 Å². The molecule has 1 aromatic carbocycles. The Morgan fingerprint density at radius 3 is 3.04 bits per heavy atom. The molecule has 0 saturated carbocycles. The minimum absolute atomic E-state index is 0.157. The molecular formula is C20H21FN2OS. The van der Waals surface area contributed by atoms with E-state index in [9.17, 15) is 4.39 Å². The molecule has 0 spiro atoms. The number of rotatable bonds is 5. The smallest absolute Gasteiger partial charge is 0.236 e. The maximum atomic E-state index is 13.4. The van der Waals surface area contributed by atoms with Crippen LogP contribution in [0.3, 0.4) is 0 Å². The van der Waals surface area contributed by atoms with Crippen molar-refractivity contribution >= 4 is 11.3 Å². The molecule has 3 aromatic rings. The van der Waals surface area contributed by atoms with Crippen molar-refractivity contribution in [1.82, 2.24) is 9.88 Å². The summed E-state index contributed by atoms with van der Waals surface area (Å²) in [5.74, 6) is 1.44. The average molecular weight is 356 g/mol. The summed E-state index contributed by atoms with van der Waals surface area (Å²) in [6.45, 7) is 3.83. The van der Waals surface area contributed by atoms with Crippen molar-refractivity contribution in [3.63, 3.8) is 0 Å². The number of oxazole rings is 1. The van der Waals surface area contributed by atoms with E-state index in [0.29, 0.717) is 11.9 Å². The summed E-state index contributed by atoms with van der Waals surface area (Å²) in [5.41, 5.74) is 2.07. The van der Waals surface area contributed by atoms with Crippen molar-refractivity contribution < 1.29 is 8.81 Å². The van der Waals surface area contributed by atoms with Gasteiger partial charge in [0.2, 0.25) is 5.89 Å². The van der Waals surface area contributed by atoms with Gasteiger partial charge in [-0.25, -0.2) is 9.37 Å². The zero-order valence-electron chi connectivity index (χ0n) is 14.2. The van der Waals surface area contributed by atoms with Crippen LogP contribution in [-0.4, -0.2) is 22.5 Å². The first-order chi connectivity index (χ1) is 12.2. The van der Waals surface area contributed by atoms with Gasteiger partial charge in [-0.1, -0.05) is 18.2 Å². The Bertz CT molecular complexity index is 843. The molecule has 1 fully saturated rings. The molecule has 0 amide bonds. The van der Waals surface area contributed by atoms with Crippen LogP contribution in [0, 0.1) is 12.7 Å². The summed E-state index contributed by atoms with van der Waals surface area (Å²) in [7, 11) is 0. The first-order valence-corrected chi connectivity index (χ1v) is 9.55. The summed E-state index contributed by atoms with van der Waals surface area (Å²) in [6.07, 6.45) is 3.20. The molecule has 25 heavy (non-hydrogen) atoms. The molecule has 1 unspecified atom stereocenters. The fourth-order valence-corrected chi connectivity index (χ4v) is 4.19. The van der Waals surface area contributed by atoms with Gasteiger partial charge in [-0.2, -0.15) is 0 Å². The molecule has 2 aromatic heterocycles. The molecule has 0 radical (unpaired) electrons.